The van der Waals surface area contributed by atoms with E-state index in [4.69, 9.17) is 11.1 Å². The lowest BCUT2D eigenvalue weighted by Crippen LogP contribution is -2.30. The van der Waals surface area contributed by atoms with Gasteiger partial charge in [-0.05, 0) is 37.8 Å². The first-order chi connectivity index (χ1) is 8.15. The van der Waals surface area contributed by atoms with Gasteiger partial charge in [0.2, 0.25) is 0 Å². The Bertz CT molecular complexity index is 421. The van der Waals surface area contributed by atoms with E-state index in [0.29, 0.717) is 6.04 Å². The number of rotatable bonds is 5. The molecule has 0 bridgehead atoms. The lowest BCUT2D eigenvalue weighted by molar-refractivity contribution is 0.759. The average Bonchev–Trinajstić information content (AvgIpc) is 3.10. The topological polar surface area (TPSA) is 53.1 Å². The third-order valence-corrected chi connectivity index (χ3v) is 3.27. The largest absolute Gasteiger partial charge is 0.384 e. The molecule has 0 heterocycles. The maximum absolute atomic E-state index is 7.71. The first-order valence-electron chi connectivity index (χ1n) is 6.35. The Hall–Kier alpha value is -1.51. The van der Waals surface area contributed by atoms with Crippen molar-refractivity contribution in [2.45, 2.75) is 39.2 Å². The minimum atomic E-state index is 0.172. The van der Waals surface area contributed by atoms with Crippen LogP contribution >= 0.6 is 0 Å². The van der Waals surface area contributed by atoms with Crippen molar-refractivity contribution in [3.05, 3.63) is 29.3 Å². The van der Waals surface area contributed by atoms with Crippen LogP contribution in [0.25, 0.3) is 0 Å². The minimum absolute atomic E-state index is 0.172. The van der Waals surface area contributed by atoms with Gasteiger partial charge in [0.15, 0.2) is 0 Å². The zero-order chi connectivity index (χ0) is 12.4. The Labute approximate surface area is 103 Å². The predicted molar refractivity (Wildman–Crippen MR) is 72.9 cm³/mol. The lowest BCUT2D eigenvalue weighted by atomic mass is 10.1. The van der Waals surface area contributed by atoms with E-state index < -0.39 is 0 Å². The highest BCUT2D eigenvalue weighted by atomic mass is 15.2. The Balaban J connectivity index is 2.43. The van der Waals surface area contributed by atoms with Gasteiger partial charge in [-0.1, -0.05) is 19.1 Å². The number of para-hydroxylation sites is 1. The summed E-state index contributed by atoms with van der Waals surface area (Å²) < 4.78 is 0. The molecule has 0 aliphatic heterocycles. The maximum atomic E-state index is 7.71. The van der Waals surface area contributed by atoms with Gasteiger partial charge in [-0.2, -0.15) is 0 Å². The smallest absolute Gasteiger partial charge is 0.124 e. The van der Waals surface area contributed by atoms with Gasteiger partial charge >= 0.3 is 0 Å². The molecule has 92 valence electrons. The number of amidine groups is 1. The van der Waals surface area contributed by atoms with Gasteiger partial charge in [0, 0.05) is 18.2 Å². The summed E-state index contributed by atoms with van der Waals surface area (Å²) in [5.41, 5.74) is 8.97. The van der Waals surface area contributed by atoms with Crippen molar-refractivity contribution in [2.75, 3.05) is 11.4 Å². The molecule has 0 aromatic heterocycles. The quantitative estimate of drug-likeness (QED) is 0.604. The molecule has 3 heteroatoms. The predicted octanol–water partition coefficient (Wildman–Crippen LogP) is 2.66. The maximum Gasteiger partial charge on any atom is 0.124 e. The fraction of sp³-hybridized carbons (Fsp3) is 0.500. The lowest BCUT2D eigenvalue weighted by Gasteiger charge is -2.28. The first kappa shape index (κ1) is 12.0. The van der Waals surface area contributed by atoms with E-state index in [1.165, 1.54) is 24.1 Å². The van der Waals surface area contributed by atoms with E-state index in [2.05, 4.69) is 24.8 Å². The normalized spacial score (nSPS) is 14.7. The van der Waals surface area contributed by atoms with Gasteiger partial charge in [0.05, 0.1) is 5.69 Å². The summed E-state index contributed by atoms with van der Waals surface area (Å²) in [6.45, 7) is 5.35. The van der Waals surface area contributed by atoms with Crippen LogP contribution in [-0.2, 0) is 0 Å². The minimum Gasteiger partial charge on any atom is -0.384 e. The molecule has 2 rings (SSSR count). The molecule has 0 atom stereocenters. The van der Waals surface area contributed by atoms with Gasteiger partial charge in [-0.3, -0.25) is 5.41 Å². The van der Waals surface area contributed by atoms with Crippen molar-refractivity contribution in [1.82, 2.24) is 0 Å². The molecule has 1 aromatic rings. The Kier molecular flexibility index (Phi) is 3.36. The SMILES string of the molecule is CCCN(c1c(C)cccc1C(=N)N)C1CC1. The van der Waals surface area contributed by atoms with Crippen molar-refractivity contribution in [3.63, 3.8) is 0 Å². The van der Waals surface area contributed by atoms with Crippen LogP contribution < -0.4 is 10.6 Å². The molecule has 1 saturated carbocycles. The number of nitrogens with one attached hydrogen (secondary N) is 1. The third kappa shape index (κ3) is 2.43. The molecule has 1 aliphatic rings. The van der Waals surface area contributed by atoms with Crippen molar-refractivity contribution >= 4 is 11.5 Å². The van der Waals surface area contributed by atoms with Crippen LogP contribution in [0.15, 0.2) is 18.2 Å². The van der Waals surface area contributed by atoms with Crippen molar-refractivity contribution in [3.8, 4) is 0 Å². The van der Waals surface area contributed by atoms with Crippen LogP contribution in [0.2, 0.25) is 0 Å². The zero-order valence-electron chi connectivity index (χ0n) is 10.7. The third-order valence-electron chi connectivity index (χ3n) is 3.27. The Morgan fingerprint density at radius 2 is 2.18 bits per heavy atom. The summed E-state index contributed by atoms with van der Waals surface area (Å²) in [6, 6.07) is 6.70. The molecule has 0 radical (unpaired) electrons. The highest BCUT2D eigenvalue weighted by molar-refractivity contribution is 6.01. The van der Waals surface area contributed by atoms with E-state index in [1.54, 1.807) is 0 Å². The zero-order valence-corrected chi connectivity index (χ0v) is 10.7. The Morgan fingerprint density at radius 3 is 2.71 bits per heavy atom. The molecule has 0 unspecified atom stereocenters. The average molecular weight is 231 g/mol. The van der Waals surface area contributed by atoms with E-state index in [0.717, 1.165) is 18.5 Å². The number of benzene rings is 1. The molecule has 0 amide bonds. The number of nitrogens with two attached hydrogens (primary N) is 1. The second-order valence-electron chi connectivity index (χ2n) is 4.81. The monoisotopic (exact) mass is 231 g/mol. The van der Waals surface area contributed by atoms with E-state index in [1.807, 2.05) is 12.1 Å². The van der Waals surface area contributed by atoms with Gasteiger partial charge in [-0.15, -0.1) is 0 Å². The van der Waals surface area contributed by atoms with Gasteiger partial charge < -0.3 is 10.6 Å². The summed E-state index contributed by atoms with van der Waals surface area (Å²) in [6.07, 6.45) is 3.67. The highest BCUT2D eigenvalue weighted by Crippen LogP contribution is 2.35. The fourth-order valence-electron chi connectivity index (χ4n) is 2.36. The standard InChI is InChI=1S/C14H21N3/c1-3-9-17(11-7-8-11)13-10(2)5-4-6-12(13)14(15)16/h4-6,11H,3,7-9H2,1-2H3,(H3,15,16). The molecule has 17 heavy (non-hydrogen) atoms. The molecule has 0 saturated heterocycles. The molecule has 3 nitrogen and oxygen atoms in total. The molecular formula is C14H21N3. The van der Waals surface area contributed by atoms with Crippen LogP contribution in [0.1, 0.15) is 37.3 Å². The number of nitrogen functional groups attached to an aromatic ring is 1. The number of nitrogens with zero attached hydrogens (tertiary/aromatic N) is 1. The van der Waals surface area contributed by atoms with Gasteiger partial charge in [0.1, 0.15) is 5.84 Å². The number of hydrogen-bond acceptors (Lipinski definition) is 2. The molecule has 1 aliphatic carbocycles. The molecular weight excluding hydrogens is 210 g/mol. The summed E-state index contributed by atoms with van der Waals surface area (Å²) in [5, 5.41) is 7.71. The van der Waals surface area contributed by atoms with Crippen molar-refractivity contribution in [2.24, 2.45) is 5.73 Å². The summed E-state index contributed by atoms with van der Waals surface area (Å²) in [5.74, 6) is 0.172. The first-order valence-corrected chi connectivity index (χ1v) is 6.35. The molecule has 1 aromatic carbocycles. The number of anilines is 1. The van der Waals surface area contributed by atoms with Crippen LogP contribution in [0, 0.1) is 12.3 Å². The van der Waals surface area contributed by atoms with Gasteiger partial charge in [0.25, 0.3) is 0 Å². The summed E-state index contributed by atoms with van der Waals surface area (Å²) in [4.78, 5) is 2.44. The van der Waals surface area contributed by atoms with Crippen molar-refractivity contribution < 1.29 is 0 Å². The van der Waals surface area contributed by atoms with E-state index >= 15 is 0 Å². The van der Waals surface area contributed by atoms with Crippen LogP contribution in [-0.4, -0.2) is 18.4 Å². The molecule has 3 N–H and O–H groups in total. The van der Waals surface area contributed by atoms with Crippen molar-refractivity contribution in [1.29, 1.82) is 5.41 Å². The van der Waals surface area contributed by atoms with Gasteiger partial charge in [-0.25, -0.2) is 0 Å². The number of hydrogen-bond donors (Lipinski definition) is 2. The second kappa shape index (κ2) is 4.78. The number of aryl methyl sites for hydroxylation is 1. The van der Waals surface area contributed by atoms with Crippen LogP contribution in [0.5, 0.6) is 0 Å². The summed E-state index contributed by atoms with van der Waals surface area (Å²) in [7, 11) is 0. The van der Waals surface area contributed by atoms with Crippen LogP contribution in [0.4, 0.5) is 5.69 Å². The highest BCUT2D eigenvalue weighted by Gasteiger charge is 2.30. The van der Waals surface area contributed by atoms with E-state index in [-0.39, 0.29) is 5.84 Å². The summed E-state index contributed by atoms with van der Waals surface area (Å²) >= 11 is 0. The Morgan fingerprint density at radius 1 is 1.47 bits per heavy atom. The molecule has 0 spiro atoms. The fourth-order valence-corrected chi connectivity index (χ4v) is 2.36. The van der Waals surface area contributed by atoms with Crippen LogP contribution in [0.3, 0.4) is 0 Å². The van der Waals surface area contributed by atoms with E-state index in [9.17, 15) is 0 Å². The second-order valence-corrected chi connectivity index (χ2v) is 4.81. The molecule has 1 fully saturated rings.